The van der Waals surface area contributed by atoms with Gasteiger partial charge in [-0.25, -0.2) is 4.68 Å². The van der Waals surface area contributed by atoms with Gasteiger partial charge in [0.05, 0.1) is 4.92 Å². The van der Waals surface area contributed by atoms with E-state index in [9.17, 15) is 19.7 Å². The van der Waals surface area contributed by atoms with Gasteiger partial charge in [0.2, 0.25) is 5.43 Å². The van der Waals surface area contributed by atoms with E-state index in [1.807, 2.05) is 0 Å². The highest BCUT2D eigenvalue weighted by atomic mass is 16.6. The van der Waals surface area contributed by atoms with Crippen molar-refractivity contribution in [1.82, 2.24) is 25.3 Å². The second-order valence-corrected chi connectivity index (χ2v) is 6.50. The molecule has 148 valence electrons. The maximum atomic E-state index is 12.5. The Morgan fingerprint density at radius 2 is 2.04 bits per heavy atom. The standard InChI is InChI=1S/C18H22N6O4/c1-13-12-16(25)17(18(26)20-8-11-22-9-6-19-7-10-22)21-23(13)14-4-2-3-5-15(14)24(27)28/h2-5,12,19H,6-11H2,1H3,(H,20,26). The summed E-state index contributed by atoms with van der Waals surface area (Å²) in [5, 5.41) is 21.4. The lowest BCUT2D eigenvalue weighted by molar-refractivity contribution is -0.384. The summed E-state index contributed by atoms with van der Waals surface area (Å²) in [5.74, 6) is -0.590. The van der Waals surface area contributed by atoms with Crippen LogP contribution in [0.2, 0.25) is 0 Å². The Labute approximate surface area is 161 Å². The Kier molecular flexibility index (Phi) is 6.12. The zero-order chi connectivity index (χ0) is 20.1. The molecule has 3 rings (SSSR count). The van der Waals surface area contributed by atoms with Crippen molar-refractivity contribution in [1.29, 1.82) is 0 Å². The van der Waals surface area contributed by atoms with Crippen molar-refractivity contribution in [2.24, 2.45) is 0 Å². The third-order valence-corrected chi connectivity index (χ3v) is 4.55. The molecule has 2 aromatic rings. The SMILES string of the molecule is Cc1cc(=O)c(C(=O)NCCN2CCNCC2)nn1-c1ccccc1[N+](=O)[O-]. The third kappa shape index (κ3) is 4.41. The highest BCUT2D eigenvalue weighted by Crippen LogP contribution is 2.22. The van der Waals surface area contributed by atoms with Crippen LogP contribution in [0.1, 0.15) is 16.2 Å². The summed E-state index contributed by atoms with van der Waals surface area (Å²) < 4.78 is 1.25. The van der Waals surface area contributed by atoms with Gasteiger partial charge in [-0.1, -0.05) is 12.1 Å². The van der Waals surface area contributed by atoms with Crippen LogP contribution in [0.25, 0.3) is 5.69 Å². The number of nitrogens with one attached hydrogen (secondary N) is 2. The van der Waals surface area contributed by atoms with E-state index in [4.69, 9.17) is 0 Å². The van der Waals surface area contributed by atoms with Crippen molar-refractivity contribution in [2.45, 2.75) is 6.92 Å². The number of hydrogen-bond acceptors (Lipinski definition) is 7. The van der Waals surface area contributed by atoms with Gasteiger partial charge in [0, 0.05) is 57.1 Å². The normalized spacial score (nSPS) is 14.6. The average molecular weight is 386 g/mol. The van der Waals surface area contributed by atoms with E-state index in [-0.39, 0.29) is 17.1 Å². The highest BCUT2D eigenvalue weighted by Gasteiger charge is 2.20. The number of piperazine rings is 1. The lowest BCUT2D eigenvalue weighted by atomic mass is 10.2. The second kappa shape index (κ2) is 8.72. The van der Waals surface area contributed by atoms with Gasteiger partial charge in [0.1, 0.15) is 5.69 Å². The van der Waals surface area contributed by atoms with Crippen LogP contribution in [0.3, 0.4) is 0 Å². The number of benzene rings is 1. The van der Waals surface area contributed by atoms with Crippen LogP contribution in [0.5, 0.6) is 0 Å². The molecule has 28 heavy (non-hydrogen) atoms. The molecule has 10 heteroatoms. The predicted octanol–water partition coefficient (Wildman–Crippen LogP) is 0.0841. The first-order valence-corrected chi connectivity index (χ1v) is 9.03. The second-order valence-electron chi connectivity index (χ2n) is 6.50. The molecule has 1 aliphatic rings. The van der Waals surface area contributed by atoms with Gasteiger partial charge in [-0.3, -0.25) is 24.6 Å². The molecule has 2 N–H and O–H groups in total. The minimum Gasteiger partial charge on any atom is -0.349 e. The first-order chi connectivity index (χ1) is 13.5. The van der Waals surface area contributed by atoms with Crippen LogP contribution in [0, 0.1) is 17.0 Å². The molecule has 0 unspecified atom stereocenters. The zero-order valence-corrected chi connectivity index (χ0v) is 15.6. The lowest BCUT2D eigenvalue weighted by Gasteiger charge is -2.27. The highest BCUT2D eigenvalue weighted by molar-refractivity contribution is 5.92. The molecule has 0 aliphatic carbocycles. The number of nitrogens with zero attached hydrogens (tertiary/aromatic N) is 4. The monoisotopic (exact) mass is 386 g/mol. The predicted molar refractivity (Wildman–Crippen MR) is 103 cm³/mol. The van der Waals surface area contributed by atoms with Crippen LogP contribution in [-0.2, 0) is 0 Å². The molecule has 1 aromatic carbocycles. The molecule has 1 fully saturated rings. The van der Waals surface area contributed by atoms with Crippen molar-refractivity contribution in [3.05, 3.63) is 62.1 Å². The molecule has 1 aliphatic heterocycles. The molecule has 0 spiro atoms. The summed E-state index contributed by atoms with van der Waals surface area (Å²) in [4.78, 5) is 37.7. The van der Waals surface area contributed by atoms with Crippen LogP contribution in [0.4, 0.5) is 5.69 Å². The zero-order valence-electron chi connectivity index (χ0n) is 15.6. The van der Waals surface area contributed by atoms with Crippen LogP contribution < -0.4 is 16.1 Å². The maximum Gasteiger partial charge on any atom is 0.294 e. The minimum atomic E-state index is -0.590. The summed E-state index contributed by atoms with van der Waals surface area (Å²) in [7, 11) is 0. The van der Waals surface area contributed by atoms with Crippen LogP contribution in [0.15, 0.2) is 35.1 Å². The molecule has 0 bridgehead atoms. The molecular formula is C18H22N6O4. The number of rotatable bonds is 6. The van der Waals surface area contributed by atoms with Crippen molar-refractivity contribution in [2.75, 3.05) is 39.3 Å². The number of para-hydroxylation sites is 2. The number of nitro benzene ring substituents is 1. The van der Waals surface area contributed by atoms with E-state index in [0.717, 1.165) is 26.2 Å². The van der Waals surface area contributed by atoms with E-state index < -0.39 is 16.3 Å². The molecule has 2 heterocycles. The first kappa shape index (κ1) is 19.6. The summed E-state index contributed by atoms with van der Waals surface area (Å²) in [6.45, 7) is 6.31. The number of amides is 1. The Morgan fingerprint density at radius 3 is 2.75 bits per heavy atom. The Hall–Kier alpha value is -3.11. The maximum absolute atomic E-state index is 12.5. The Bertz CT molecular complexity index is 936. The summed E-state index contributed by atoms with van der Waals surface area (Å²) in [6, 6.07) is 7.31. The van der Waals surface area contributed by atoms with E-state index in [0.29, 0.717) is 18.8 Å². The van der Waals surface area contributed by atoms with E-state index in [1.54, 1.807) is 19.1 Å². The van der Waals surface area contributed by atoms with Crippen molar-refractivity contribution in [3.8, 4) is 5.69 Å². The number of carbonyl (C=O) groups is 1. The number of nitro groups is 1. The molecule has 10 nitrogen and oxygen atoms in total. The fraction of sp³-hybridized carbons (Fsp3) is 0.389. The van der Waals surface area contributed by atoms with Gasteiger partial charge in [0.15, 0.2) is 5.69 Å². The number of aryl methyl sites for hydroxylation is 1. The first-order valence-electron chi connectivity index (χ1n) is 9.03. The van der Waals surface area contributed by atoms with Crippen molar-refractivity contribution in [3.63, 3.8) is 0 Å². The topological polar surface area (TPSA) is 122 Å². The van der Waals surface area contributed by atoms with Crippen LogP contribution >= 0.6 is 0 Å². The molecule has 1 amide bonds. The largest absolute Gasteiger partial charge is 0.349 e. The number of aromatic nitrogens is 2. The number of carbonyl (C=O) groups excluding carboxylic acids is 1. The summed E-state index contributed by atoms with van der Waals surface area (Å²) >= 11 is 0. The molecule has 0 atom stereocenters. The van der Waals surface area contributed by atoms with Gasteiger partial charge in [-0.15, -0.1) is 0 Å². The Morgan fingerprint density at radius 1 is 1.32 bits per heavy atom. The molecule has 0 saturated carbocycles. The van der Waals surface area contributed by atoms with Crippen molar-refractivity contribution >= 4 is 11.6 Å². The Balaban J connectivity index is 1.80. The third-order valence-electron chi connectivity index (χ3n) is 4.55. The smallest absolute Gasteiger partial charge is 0.294 e. The van der Waals surface area contributed by atoms with E-state index in [1.165, 1.54) is 22.9 Å². The molecule has 0 radical (unpaired) electrons. The fourth-order valence-electron chi connectivity index (χ4n) is 3.09. The van der Waals surface area contributed by atoms with E-state index >= 15 is 0 Å². The van der Waals surface area contributed by atoms with Crippen molar-refractivity contribution < 1.29 is 9.72 Å². The van der Waals surface area contributed by atoms with Gasteiger partial charge in [-0.2, -0.15) is 5.10 Å². The van der Waals surface area contributed by atoms with Gasteiger partial charge in [0.25, 0.3) is 11.6 Å². The van der Waals surface area contributed by atoms with Crippen LogP contribution in [-0.4, -0.2) is 64.8 Å². The fourth-order valence-corrected chi connectivity index (χ4v) is 3.09. The number of hydrogen-bond donors (Lipinski definition) is 2. The summed E-state index contributed by atoms with van der Waals surface area (Å²) in [6.07, 6.45) is 0. The van der Waals surface area contributed by atoms with Gasteiger partial charge < -0.3 is 10.6 Å². The van der Waals surface area contributed by atoms with Gasteiger partial charge in [-0.05, 0) is 13.0 Å². The molecular weight excluding hydrogens is 364 g/mol. The van der Waals surface area contributed by atoms with E-state index in [2.05, 4.69) is 20.6 Å². The minimum absolute atomic E-state index is 0.160. The molecule has 1 saturated heterocycles. The molecule has 1 aromatic heterocycles. The van der Waals surface area contributed by atoms with Gasteiger partial charge >= 0.3 is 0 Å². The quantitative estimate of drug-likeness (QED) is 0.533. The average Bonchev–Trinajstić information content (AvgIpc) is 2.69. The lowest BCUT2D eigenvalue weighted by Crippen LogP contribution is -2.46. The summed E-state index contributed by atoms with van der Waals surface area (Å²) in [5.41, 5.74) is -0.376.